The molecule has 1 aromatic rings. The fraction of sp³-hybridized carbons (Fsp3) is 0.727. The van der Waals surface area contributed by atoms with Crippen molar-refractivity contribution in [3.63, 3.8) is 0 Å². The molecule has 0 bridgehead atoms. The third-order valence-electron chi connectivity index (χ3n) is 2.12. The van der Waals surface area contributed by atoms with E-state index in [1.54, 1.807) is 0 Å². The lowest BCUT2D eigenvalue weighted by molar-refractivity contribution is 0.469. The minimum atomic E-state index is 0. The summed E-state index contributed by atoms with van der Waals surface area (Å²) >= 11 is 0. The molecule has 15 heavy (non-hydrogen) atoms. The molecule has 0 spiro atoms. The number of hydrogen-bond acceptors (Lipinski definition) is 2. The standard InChI is InChI=1S/C11H21N3.ClH/c1-8(2)7-14-10(12)6-9(13-14)11(3,4)5;/h6,8H,7,12H2,1-5H3;1H. The molecule has 0 unspecified atom stereocenters. The van der Waals surface area contributed by atoms with Gasteiger partial charge in [0.2, 0.25) is 0 Å². The predicted octanol–water partition coefficient (Wildman–Crippen LogP) is 2.84. The summed E-state index contributed by atoms with van der Waals surface area (Å²) in [6.07, 6.45) is 0. The number of anilines is 1. The van der Waals surface area contributed by atoms with Crippen LogP contribution in [0.25, 0.3) is 0 Å². The summed E-state index contributed by atoms with van der Waals surface area (Å²) in [4.78, 5) is 0. The summed E-state index contributed by atoms with van der Waals surface area (Å²) in [5.41, 5.74) is 7.03. The third kappa shape index (κ3) is 3.74. The van der Waals surface area contributed by atoms with E-state index in [-0.39, 0.29) is 17.8 Å². The highest BCUT2D eigenvalue weighted by Gasteiger charge is 2.18. The number of nitrogens with zero attached hydrogens (tertiary/aromatic N) is 2. The van der Waals surface area contributed by atoms with Gasteiger partial charge in [-0.1, -0.05) is 34.6 Å². The molecule has 4 heteroatoms. The Kier molecular flexibility index (Phi) is 4.65. The highest BCUT2D eigenvalue weighted by atomic mass is 35.5. The van der Waals surface area contributed by atoms with Crippen molar-refractivity contribution in [3.05, 3.63) is 11.8 Å². The quantitative estimate of drug-likeness (QED) is 0.851. The van der Waals surface area contributed by atoms with Crippen LogP contribution >= 0.6 is 12.4 Å². The molecule has 1 heterocycles. The van der Waals surface area contributed by atoms with Crippen LogP contribution in [0, 0.1) is 5.92 Å². The van der Waals surface area contributed by atoms with Crippen LogP contribution in [0.3, 0.4) is 0 Å². The van der Waals surface area contributed by atoms with Crippen molar-refractivity contribution in [2.75, 3.05) is 5.73 Å². The fourth-order valence-electron chi connectivity index (χ4n) is 1.29. The molecule has 0 saturated heterocycles. The van der Waals surface area contributed by atoms with Crippen LogP contribution in [-0.4, -0.2) is 9.78 Å². The molecule has 1 rings (SSSR count). The summed E-state index contributed by atoms with van der Waals surface area (Å²) in [5, 5.41) is 4.51. The molecule has 1 aromatic heterocycles. The largest absolute Gasteiger partial charge is 0.384 e. The summed E-state index contributed by atoms with van der Waals surface area (Å²) < 4.78 is 1.89. The molecule has 88 valence electrons. The van der Waals surface area contributed by atoms with Crippen LogP contribution in [0.4, 0.5) is 5.82 Å². The first-order chi connectivity index (χ1) is 6.30. The highest BCUT2D eigenvalue weighted by molar-refractivity contribution is 5.85. The molecule has 0 aliphatic carbocycles. The van der Waals surface area contributed by atoms with E-state index in [0.717, 1.165) is 18.1 Å². The second-order valence-corrected chi connectivity index (χ2v) is 5.28. The van der Waals surface area contributed by atoms with Gasteiger partial charge in [-0.3, -0.25) is 0 Å². The van der Waals surface area contributed by atoms with Gasteiger partial charge in [0.15, 0.2) is 0 Å². The van der Waals surface area contributed by atoms with Gasteiger partial charge in [0.05, 0.1) is 5.69 Å². The van der Waals surface area contributed by atoms with Gasteiger partial charge in [0.1, 0.15) is 5.82 Å². The van der Waals surface area contributed by atoms with Crippen molar-refractivity contribution in [1.82, 2.24) is 9.78 Å². The molecule has 0 fully saturated rings. The zero-order valence-electron chi connectivity index (χ0n) is 10.2. The van der Waals surface area contributed by atoms with E-state index >= 15 is 0 Å². The van der Waals surface area contributed by atoms with Gasteiger partial charge in [-0.25, -0.2) is 4.68 Å². The SMILES string of the molecule is CC(C)Cn1nc(C(C)(C)C)cc1N.Cl. The predicted molar refractivity (Wildman–Crippen MR) is 67.4 cm³/mol. The highest BCUT2D eigenvalue weighted by Crippen LogP contribution is 2.22. The van der Waals surface area contributed by atoms with Crippen LogP contribution in [0.1, 0.15) is 40.3 Å². The Bertz CT molecular complexity index is 310. The van der Waals surface area contributed by atoms with Crippen LogP contribution in [-0.2, 0) is 12.0 Å². The Hall–Kier alpha value is -0.700. The molecule has 0 aliphatic heterocycles. The van der Waals surface area contributed by atoms with Gasteiger partial charge in [-0.15, -0.1) is 12.4 Å². The van der Waals surface area contributed by atoms with Gasteiger partial charge in [-0.05, 0) is 5.92 Å². The second kappa shape index (κ2) is 4.88. The first kappa shape index (κ1) is 14.3. The average Bonchev–Trinajstić information content (AvgIpc) is 2.30. The Labute approximate surface area is 98.5 Å². The molecule has 0 saturated carbocycles. The van der Waals surface area contributed by atoms with Crippen LogP contribution in [0.5, 0.6) is 0 Å². The van der Waals surface area contributed by atoms with Crippen molar-refractivity contribution >= 4 is 18.2 Å². The third-order valence-corrected chi connectivity index (χ3v) is 2.12. The second-order valence-electron chi connectivity index (χ2n) is 5.28. The van der Waals surface area contributed by atoms with Crippen molar-refractivity contribution < 1.29 is 0 Å². The Morgan fingerprint density at radius 3 is 2.27 bits per heavy atom. The van der Waals surface area contributed by atoms with Crippen LogP contribution in [0.15, 0.2) is 6.07 Å². The van der Waals surface area contributed by atoms with E-state index in [1.807, 2.05) is 10.7 Å². The maximum absolute atomic E-state index is 5.89. The first-order valence-electron chi connectivity index (χ1n) is 5.14. The summed E-state index contributed by atoms with van der Waals surface area (Å²) in [6.45, 7) is 11.7. The van der Waals surface area contributed by atoms with E-state index in [4.69, 9.17) is 5.73 Å². The topological polar surface area (TPSA) is 43.8 Å². The zero-order valence-corrected chi connectivity index (χ0v) is 11.1. The van der Waals surface area contributed by atoms with Gasteiger partial charge in [0, 0.05) is 18.0 Å². The maximum atomic E-state index is 5.89. The lowest BCUT2D eigenvalue weighted by Gasteiger charge is -2.14. The fourth-order valence-corrected chi connectivity index (χ4v) is 1.29. The maximum Gasteiger partial charge on any atom is 0.121 e. The number of rotatable bonds is 2. The van der Waals surface area contributed by atoms with Crippen molar-refractivity contribution in [1.29, 1.82) is 0 Å². The molecule has 2 N–H and O–H groups in total. The summed E-state index contributed by atoms with van der Waals surface area (Å²) in [5.74, 6) is 1.34. The van der Waals surface area contributed by atoms with Crippen molar-refractivity contribution in [2.24, 2.45) is 5.92 Å². The Balaban J connectivity index is 0.00000196. The number of nitrogens with two attached hydrogens (primary N) is 1. The smallest absolute Gasteiger partial charge is 0.121 e. The average molecular weight is 232 g/mol. The molecular formula is C11H22ClN3. The monoisotopic (exact) mass is 231 g/mol. The minimum Gasteiger partial charge on any atom is -0.384 e. The van der Waals surface area contributed by atoms with Gasteiger partial charge in [-0.2, -0.15) is 5.10 Å². The van der Waals surface area contributed by atoms with Gasteiger partial charge < -0.3 is 5.73 Å². The van der Waals surface area contributed by atoms with Gasteiger partial charge >= 0.3 is 0 Å². The number of hydrogen-bond donors (Lipinski definition) is 1. The Morgan fingerprint density at radius 2 is 1.93 bits per heavy atom. The normalized spacial score (nSPS) is 11.6. The zero-order chi connectivity index (χ0) is 10.9. The summed E-state index contributed by atoms with van der Waals surface area (Å²) in [7, 11) is 0. The molecule has 0 radical (unpaired) electrons. The van der Waals surface area contributed by atoms with Gasteiger partial charge in [0.25, 0.3) is 0 Å². The molecule has 0 aliphatic rings. The van der Waals surface area contributed by atoms with Crippen LogP contribution < -0.4 is 5.73 Å². The number of aromatic nitrogens is 2. The lowest BCUT2D eigenvalue weighted by atomic mass is 9.92. The molecule has 0 aromatic carbocycles. The van der Waals surface area contributed by atoms with E-state index in [1.165, 1.54) is 0 Å². The number of halogens is 1. The van der Waals surface area contributed by atoms with E-state index < -0.39 is 0 Å². The molecule has 3 nitrogen and oxygen atoms in total. The van der Waals surface area contributed by atoms with E-state index in [2.05, 4.69) is 39.7 Å². The van der Waals surface area contributed by atoms with Crippen molar-refractivity contribution in [3.8, 4) is 0 Å². The first-order valence-corrected chi connectivity index (χ1v) is 5.14. The molecule has 0 amide bonds. The summed E-state index contributed by atoms with van der Waals surface area (Å²) in [6, 6.07) is 1.97. The van der Waals surface area contributed by atoms with Crippen molar-refractivity contribution in [2.45, 2.75) is 46.6 Å². The van der Waals surface area contributed by atoms with E-state index in [0.29, 0.717) is 5.92 Å². The van der Waals surface area contributed by atoms with Crippen LogP contribution in [0.2, 0.25) is 0 Å². The van der Waals surface area contributed by atoms with E-state index in [9.17, 15) is 0 Å². The molecule has 0 atom stereocenters. The molecular weight excluding hydrogens is 210 g/mol. The number of nitrogen functional groups attached to an aromatic ring is 1. The minimum absolute atomic E-state index is 0. The lowest BCUT2D eigenvalue weighted by Crippen LogP contribution is -2.14. The Morgan fingerprint density at radius 1 is 1.40 bits per heavy atom.